The summed E-state index contributed by atoms with van der Waals surface area (Å²) in [5.41, 5.74) is -1.70. The van der Waals surface area contributed by atoms with E-state index in [1.165, 1.54) is 70.6 Å². The summed E-state index contributed by atoms with van der Waals surface area (Å²) in [6, 6.07) is 2.26. The second-order valence-corrected chi connectivity index (χ2v) is 12.0. The molecule has 0 unspecified atom stereocenters. The lowest BCUT2D eigenvalue weighted by molar-refractivity contribution is 0.0686. The van der Waals surface area contributed by atoms with Crippen molar-refractivity contribution in [2.24, 2.45) is 17.8 Å². The van der Waals surface area contributed by atoms with Crippen LogP contribution in [-0.4, -0.2) is 11.1 Å². The van der Waals surface area contributed by atoms with Gasteiger partial charge in [-0.2, -0.15) is 0 Å². The molecule has 0 aromatic heterocycles. The van der Waals surface area contributed by atoms with E-state index in [9.17, 15) is 27.5 Å². The van der Waals surface area contributed by atoms with Gasteiger partial charge >= 0.3 is 5.97 Å². The van der Waals surface area contributed by atoms with E-state index in [0.29, 0.717) is 36.8 Å². The van der Waals surface area contributed by atoms with Crippen LogP contribution in [0.3, 0.4) is 0 Å². The van der Waals surface area contributed by atoms with E-state index in [1.807, 2.05) is 0 Å². The Morgan fingerprint density at radius 2 is 1.27 bits per heavy atom. The lowest BCUT2D eigenvalue weighted by Gasteiger charge is -2.38. The average molecular weight is 565 g/mol. The average Bonchev–Trinajstić information content (AvgIpc) is 2.93. The van der Waals surface area contributed by atoms with E-state index in [0.717, 1.165) is 24.8 Å². The number of carboxylic acid groups (broad SMARTS) is 1. The highest BCUT2D eigenvalue weighted by Gasteiger charge is 2.34. The molecule has 1 N–H and O–H groups in total. The number of aromatic carboxylic acids is 1. The maximum Gasteiger partial charge on any atom is 0.341 e. The molecule has 2 aliphatic carbocycles. The first-order valence-electron chi connectivity index (χ1n) is 15.1. The van der Waals surface area contributed by atoms with Gasteiger partial charge in [-0.1, -0.05) is 64.7 Å². The van der Waals surface area contributed by atoms with Crippen LogP contribution in [-0.2, 0) is 0 Å². The summed E-state index contributed by atoms with van der Waals surface area (Å²) in [5, 5.41) is 9.37. The van der Waals surface area contributed by atoms with E-state index in [4.69, 9.17) is 0 Å². The number of unbranched alkanes of at least 4 members (excludes halogenated alkanes) is 5. The summed E-state index contributed by atoms with van der Waals surface area (Å²) in [6.07, 6.45) is 17.3. The molecule has 2 fully saturated rings. The first kappa shape index (κ1) is 30.5. The normalized spacial score (nSPS) is 23.4. The maximum absolute atomic E-state index is 15.5. The number of hydrogen-bond donors (Lipinski definition) is 1. The fourth-order valence-corrected chi connectivity index (χ4v) is 7.21. The molecule has 2 nitrogen and oxygen atoms in total. The van der Waals surface area contributed by atoms with Crippen LogP contribution in [0.15, 0.2) is 18.2 Å². The Kier molecular flexibility index (Phi) is 10.6. The van der Waals surface area contributed by atoms with Gasteiger partial charge in [0.15, 0.2) is 17.5 Å². The highest BCUT2D eigenvalue weighted by Crippen LogP contribution is 2.47. The predicted octanol–water partition coefficient (Wildman–Crippen LogP) is 10.6. The molecular formula is C33H41F5O2. The summed E-state index contributed by atoms with van der Waals surface area (Å²) < 4.78 is 72.0. The lowest BCUT2D eigenvalue weighted by atomic mass is 9.67. The molecular weight excluding hydrogens is 523 g/mol. The zero-order chi connectivity index (χ0) is 28.8. The number of hydrogen-bond acceptors (Lipinski definition) is 1. The smallest absolute Gasteiger partial charge is 0.341 e. The molecule has 40 heavy (non-hydrogen) atoms. The molecule has 4 rings (SSSR count). The van der Waals surface area contributed by atoms with Gasteiger partial charge in [-0.25, -0.2) is 26.7 Å². The van der Waals surface area contributed by atoms with Crippen LogP contribution in [0.5, 0.6) is 0 Å². The number of carbonyl (C=O) groups is 1. The summed E-state index contributed by atoms with van der Waals surface area (Å²) in [4.78, 5) is 11.6. The number of rotatable bonds is 11. The Balaban J connectivity index is 1.42. The van der Waals surface area contributed by atoms with Gasteiger partial charge in [0.2, 0.25) is 0 Å². The third kappa shape index (κ3) is 7.06. The molecule has 0 radical (unpaired) electrons. The van der Waals surface area contributed by atoms with Crippen LogP contribution in [0.4, 0.5) is 22.0 Å². The standard InChI is InChI=1S/C33H41F5O2/c1-2-3-4-5-6-7-8-20-9-11-21(12-10-20)22-13-15-23(16-14-22)25-19-26(34)30(33(39)40)32(38)29(25)24-17-27(35)31(37)28(36)18-24/h17-23H,2-16H2,1H3,(H,39,40). The van der Waals surface area contributed by atoms with Gasteiger partial charge in [0.25, 0.3) is 0 Å². The number of benzene rings is 2. The van der Waals surface area contributed by atoms with Crippen molar-refractivity contribution in [2.45, 2.75) is 109 Å². The van der Waals surface area contributed by atoms with Crippen molar-refractivity contribution in [2.75, 3.05) is 0 Å². The van der Waals surface area contributed by atoms with Gasteiger partial charge in [0, 0.05) is 5.56 Å². The van der Waals surface area contributed by atoms with Crippen LogP contribution in [0.1, 0.15) is 125 Å². The van der Waals surface area contributed by atoms with Crippen molar-refractivity contribution < 1.29 is 31.9 Å². The van der Waals surface area contributed by atoms with Gasteiger partial charge in [-0.15, -0.1) is 0 Å². The third-order valence-electron chi connectivity index (χ3n) is 9.47. The minimum absolute atomic E-state index is 0.187. The van der Waals surface area contributed by atoms with E-state index >= 15 is 4.39 Å². The molecule has 2 saturated carbocycles. The molecule has 2 aliphatic rings. The summed E-state index contributed by atoms with van der Waals surface area (Å²) in [7, 11) is 0. The molecule has 7 heteroatoms. The molecule has 0 amide bonds. The highest BCUT2D eigenvalue weighted by atomic mass is 19.2. The molecule has 0 spiro atoms. The zero-order valence-corrected chi connectivity index (χ0v) is 23.4. The van der Waals surface area contributed by atoms with Gasteiger partial charge in [0.1, 0.15) is 17.2 Å². The third-order valence-corrected chi connectivity index (χ3v) is 9.47. The molecule has 2 aromatic carbocycles. The van der Waals surface area contributed by atoms with Crippen LogP contribution in [0, 0.1) is 46.8 Å². The molecule has 2 aromatic rings. The molecule has 0 aliphatic heterocycles. The highest BCUT2D eigenvalue weighted by molar-refractivity contribution is 5.91. The van der Waals surface area contributed by atoms with Crippen molar-refractivity contribution in [3.8, 4) is 11.1 Å². The first-order chi connectivity index (χ1) is 19.2. The monoisotopic (exact) mass is 564 g/mol. The minimum Gasteiger partial charge on any atom is -0.477 e. The SMILES string of the molecule is CCCCCCCCC1CCC(C2CCC(c3cc(F)c(C(=O)O)c(F)c3-c3cc(F)c(F)c(F)c3)CC2)CC1. The summed E-state index contributed by atoms with van der Waals surface area (Å²) in [5.74, 6) is -7.47. The molecule has 0 saturated heterocycles. The van der Waals surface area contributed by atoms with Crippen molar-refractivity contribution in [1.82, 2.24) is 0 Å². The fraction of sp³-hybridized carbons (Fsp3) is 0.606. The minimum atomic E-state index is -1.82. The molecule has 220 valence electrons. The Labute approximate surface area is 234 Å². The van der Waals surface area contributed by atoms with Crippen molar-refractivity contribution >= 4 is 5.97 Å². The summed E-state index contributed by atoms with van der Waals surface area (Å²) in [6.45, 7) is 2.23. The van der Waals surface area contributed by atoms with Crippen LogP contribution < -0.4 is 0 Å². The Morgan fingerprint density at radius 3 is 1.85 bits per heavy atom. The van der Waals surface area contributed by atoms with Crippen molar-refractivity contribution in [3.05, 3.63) is 58.4 Å². The van der Waals surface area contributed by atoms with E-state index in [-0.39, 0.29) is 22.6 Å². The Hall–Kier alpha value is -2.44. The lowest BCUT2D eigenvalue weighted by Crippen LogP contribution is -2.25. The van der Waals surface area contributed by atoms with Crippen molar-refractivity contribution in [3.63, 3.8) is 0 Å². The second kappa shape index (κ2) is 14.0. The molecule has 0 heterocycles. The largest absolute Gasteiger partial charge is 0.477 e. The maximum atomic E-state index is 15.5. The Morgan fingerprint density at radius 1 is 0.725 bits per heavy atom. The van der Waals surface area contributed by atoms with Gasteiger partial charge in [-0.05, 0) is 91.5 Å². The predicted molar refractivity (Wildman–Crippen MR) is 147 cm³/mol. The first-order valence-corrected chi connectivity index (χ1v) is 15.1. The van der Waals surface area contributed by atoms with Gasteiger partial charge in [0.05, 0.1) is 0 Å². The second-order valence-electron chi connectivity index (χ2n) is 12.0. The van der Waals surface area contributed by atoms with Gasteiger partial charge in [-0.3, -0.25) is 0 Å². The molecule has 0 atom stereocenters. The van der Waals surface area contributed by atoms with Crippen LogP contribution in [0.2, 0.25) is 0 Å². The number of carboxylic acids is 1. The van der Waals surface area contributed by atoms with E-state index in [2.05, 4.69) is 6.92 Å². The van der Waals surface area contributed by atoms with Crippen molar-refractivity contribution in [1.29, 1.82) is 0 Å². The van der Waals surface area contributed by atoms with E-state index < -0.39 is 40.6 Å². The zero-order valence-electron chi connectivity index (χ0n) is 23.4. The fourth-order valence-electron chi connectivity index (χ4n) is 7.21. The quantitative estimate of drug-likeness (QED) is 0.167. The van der Waals surface area contributed by atoms with Crippen LogP contribution >= 0.6 is 0 Å². The number of halogens is 5. The van der Waals surface area contributed by atoms with Crippen LogP contribution in [0.25, 0.3) is 11.1 Å². The summed E-state index contributed by atoms with van der Waals surface area (Å²) >= 11 is 0. The molecule has 0 bridgehead atoms. The van der Waals surface area contributed by atoms with Gasteiger partial charge < -0.3 is 5.11 Å². The topological polar surface area (TPSA) is 37.3 Å². The Bertz CT molecular complexity index is 1140. The van der Waals surface area contributed by atoms with E-state index in [1.54, 1.807) is 0 Å².